The van der Waals surface area contributed by atoms with E-state index in [0.717, 1.165) is 11.6 Å². The third-order valence-corrected chi connectivity index (χ3v) is 4.67. The third kappa shape index (κ3) is 5.34. The van der Waals surface area contributed by atoms with E-state index >= 15 is 0 Å². The zero-order valence-corrected chi connectivity index (χ0v) is 15.3. The Bertz CT molecular complexity index is 869. The standard InChI is InChI=1S/C18H17ClO5S/c1-3-23-18(20)12-17(14-6-8-15(19)9-7-14)24-25(21,22)16-10-4-13(2)5-11-16/h4-12H,3H2,1-2H3/b17-12+. The molecule has 0 aliphatic rings. The van der Waals surface area contributed by atoms with E-state index in [-0.39, 0.29) is 17.3 Å². The number of carbonyl (C=O) groups excluding carboxylic acids is 1. The largest absolute Gasteiger partial charge is 0.463 e. The van der Waals surface area contributed by atoms with E-state index in [1.807, 2.05) is 6.92 Å². The van der Waals surface area contributed by atoms with Gasteiger partial charge in [-0.15, -0.1) is 0 Å². The Morgan fingerprint density at radius 2 is 1.68 bits per heavy atom. The van der Waals surface area contributed by atoms with Crippen LogP contribution in [0.5, 0.6) is 0 Å². The summed E-state index contributed by atoms with van der Waals surface area (Å²) in [6.45, 7) is 3.66. The summed E-state index contributed by atoms with van der Waals surface area (Å²) in [5.41, 5.74) is 1.30. The van der Waals surface area contributed by atoms with Crippen molar-refractivity contribution in [3.8, 4) is 0 Å². The minimum Gasteiger partial charge on any atom is -0.463 e. The van der Waals surface area contributed by atoms with Crippen LogP contribution < -0.4 is 0 Å². The Labute approximate surface area is 152 Å². The molecular weight excluding hydrogens is 364 g/mol. The molecule has 2 aromatic carbocycles. The van der Waals surface area contributed by atoms with E-state index in [1.165, 1.54) is 12.1 Å². The first-order valence-electron chi connectivity index (χ1n) is 7.47. The zero-order chi connectivity index (χ0) is 18.4. The molecule has 5 nitrogen and oxygen atoms in total. The second kappa shape index (κ2) is 8.18. The van der Waals surface area contributed by atoms with Crippen molar-refractivity contribution in [2.45, 2.75) is 18.7 Å². The van der Waals surface area contributed by atoms with Gasteiger partial charge in [-0.1, -0.05) is 29.3 Å². The van der Waals surface area contributed by atoms with Gasteiger partial charge in [-0.2, -0.15) is 8.42 Å². The molecule has 0 saturated carbocycles. The molecule has 0 atom stereocenters. The number of benzene rings is 2. The molecule has 132 valence electrons. The molecule has 0 fully saturated rings. The number of ether oxygens (including phenoxy) is 1. The Morgan fingerprint density at radius 1 is 1.08 bits per heavy atom. The SMILES string of the molecule is CCOC(=O)/C=C(/OS(=O)(=O)c1ccc(C)cc1)c1ccc(Cl)cc1. The monoisotopic (exact) mass is 380 g/mol. The van der Waals surface area contributed by atoms with Gasteiger partial charge in [0.05, 0.1) is 12.7 Å². The third-order valence-electron chi connectivity index (χ3n) is 3.17. The molecule has 0 radical (unpaired) electrons. The van der Waals surface area contributed by atoms with Crippen LogP contribution >= 0.6 is 11.6 Å². The Morgan fingerprint density at radius 3 is 2.24 bits per heavy atom. The number of rotatable bonds is 6. The second-order valence-electron chi connectivity index (χ2n) is 5.12. The van der Waals surface area contributed by atoms with Crippen molar-refractivity contribution in [3.05, 3.63) is 70.8 Å². The highest BCUT2D eigenvalue weighted by atomic mass is 35.5. The summed E-state index contributed by atoms with van der Waals surface area (Å²) in [6.07, 6.45) is 0.998. The van der Waals surface area contributed by atoms with Gasteiger partial charge in [0.1, 0.15) is 4.90 Å². The average Bonchev–Trinajstić information content (AvgIpc) is 2.55. The molecular formula is C18H17ClO5S. The van der Waals surface area contributed by atoms with Crippen molar-refractivity contribution < 1.29 is 22.1 Å². The topological polar surface area (TPSA) is 69.7 Å². The van der Waals surface area contributed by atoms with Crippen molar-refractivity contribution in [2.75, 3.05) is 6.61 Å². The molecule has 0 aliphatic heterocycles. The number of aryl methyl sites for hydroxylation is 1. The van der Waals surface area contributed by atoms with Crippen molar-refractivity contribution in [1.82, 2.24) is 0 Å². The lowest BCUT2D eigenvalue weighted by atomic mass is 10.2. The van der Waals surface area contributed by atoms with Gasteiger partial charge in [0.15, 0.2) is 5.76 Å². The predicted octanol–water partition coefficient (Wildman–Crippen LogP) is 3.96. The van der Waals surface area contributed by atoms with Crippen molar-refractivity contribution in [2.24, 2.45) is 0 Å². The molecule has 2 aromatic rings. The second-order valence-corrected chi connectivity index (χ2v) is 7.10. The van der Waals surface area contributed by atoms with Gasteiger partial charge in [-0.25, -0.2) is 4.79 Å². The maximum absolute atomic E-state index is 12.5. The summed E-state index contributed by atoms with van der Waals surface area (Å²) in [7, 11) is -4.10. The summed E-state index contributed by atoms with van der Waals surface area (Å²) in [5, 5.41) is 0.473. The highest BCUT2D eigenvalue weighted by Gasteiger charge is 2.20. The average molecular weight is 381 g/mol. The van der Waals surface area contributed by atoms with Crippen LogP contribution in [0.2, 0.25) is 5.02 Å². The van der Waals surface area contributed by atoms with Crippen molar-refractivity contribution in [3.63, 3.8) is 0 Å². The van der Waals surface area contributed by atoms with E-state index in [2.05, 4.69) is 0 Å². The first kappa shape index (κ1) is 19.0. The molecule has 0 unspecified atom stereocenters. The molecule has 0 amide bonds. The van der Waals surface area contributed by atoms with Gasteiger partial charge in [-0.3, -0.25) is 0 Å². The minimum atomic E-state index is -4.10. The summed E-state index contributed by atoms with van der Waals surface area (Å²) >= 11 is 5.85. The molecule has 25 heavy (non-hydrogen) atoms. The van der Waals surface area contributed by atoms with Gasteiger partial charge in [0.25, 0.3) is 0 Å². The van der Waals surface area contributed by atoms with Crippen molar-refractivity contribution >= 4 is 33.4 Å². The van der Waals surface area contributed by atoms with Crippen LogP contribution in [0, 0.1) is 6.92 Å². The smallest absolute Gasteiger partial charge is 0.339 e. The van der Waals surface area contributed by atoms with Crippen LogP contribution in [-0.4, -0.2) is 21.0 Å². The molecule has 0 heterocycles. The van der Waals surface area contributed by atoms with Crippen LogP contribution in [0.15, 0.2) is 59.5 Å². The number of halogens is 1. The maximum atomic E-state index is 12.5. The van der Waals surface area contributed by atoms with Crippen LogP contribution in [0.4, 0.5) is 0 Å². The van der Waals surface area contributed by atoms with E-state index in [0.29, 0.717) is 10.6 Å². The quantitative estimate of drug-likeness (QED) is 0.328. The van der Waals surface area contributed by atoms with Gasteiger partial charge in [-0.05, 0) is 50.2 Å². The number of carbonyl (C=O) groups is 1. The fraction of sp³-hybridized carbons (Fsp3) is 0.167. The molecule has 0 spiro atoms. The summed E-state index contributed by atoms with van der Waals surface area (Å²) in [5.74, 6) is -0.845. The zero-order valence-electron chi connectivity index (χ0n) is 13.7. The number of hydrogen-bond donors (Lipinski definition) is 0. The molecule has 7 heteroatoms. The molecule has 0 aromatic heterocycles. The van der Waals surface area contributed by atoms with E-state index in [4.69, 9.17) is 20.5 Å². The Hall–Kier alpha value is -2.31. The predicted molar refractivity (Wildman–Crippen MR) is 95.5 cm³/mol. The normalized spacial score (nSPS) is 11.9. The summed E-state index contributed by atoms with van der Waals surface area (Å²) < 4.78 is 35.0. The summed E-state index contributed by atoms with van der Waals surface area (Å²) in [6, 6.07) is 12.4. The van der Waals surface area contributed by atoms with E-state index in [1.54, 1.807) is 43.3 Å². The van der Waals surface area contributed by atoms with Crippen LogP contribution in [0.1, 0.15) is 18.1 Å². The van der Waals surface area contributed by atoms with Gasteiger partial charge < -0.3 is 8.92 Å². The van der Waals surface area contributed by atoms with Gasteiger partial charge >= 0.3 is 16.1 Å². The fourth-order valence-corrected chi connectivity index (χ4v) is 3.00. The highest BCUT2D eigenvalue weighted by molar-refractivity contribution is 7.87. The van der Waals surface area contributed by atoms with Crippen LogP contribution in [0.25, 0.3) is 5.76 Å². The lowest BCUT2D eigenvalue weighted by Gasteiger charge is -2.11. The van der Waals surface area contributed by atoms with Crippen molar-refractivity contribution in [1.29, 1.82) is 0 Å². The Balaban J connectivity index is 2.40. The minimum absolute atomic E-state index is 0.0122. The molecule has 0 saturated heterocycles. The molecule has 0 bridgehead atoms. The number of hydrogen-bond acceptors (Lipinski definition) is 5. The van der Waals surface area contributed by atoms with Gasteiger partial charge in [0.2, 0.25) is 0 Å². The first-order valence-corrected chi connectivity index (χ1v) is 9.26. The Kier molecular flexibility index (Phi) is 6.22. The van der Waals surface area contributed by atoms with E-state index in [9.17, 15) is 13.2 Å². The van der Waals surface area contributed by atoms with Crippen LogP contribution in [-0.2, 0) is 23.8 Å². The molecule has 0 aliphatic carbocycles. The lowest BCUT2D eigenvalue weighted by molar-refractivity contribution is -0.137. The first-order chi connectivity index (χ1) is 11.8. The van der Waals surface area contributed by atoms with Gasteiger partial charge in [0, 0.05) is 10.6 Å². The summed E-state index contributed by atoms with van der Waals surface area (Å²) in [4.78, 5) is 11.7. The number of esters is 1. The maximum Gasteiger partial charge on any atom is 0.339 e. The fourth-order valence-electron chi connectivity index (χ4n) is 1.93. The molecule has 2 rings (SSSR count). The highest BCUT2D eigenvalue weighted by Crippen LogP contribution is 2.24. The van der Waals surface area contributed by atoms with E-state index < -0.39 is 16.1 Å². The van der Waals surface area contributed by atoms with Crippen LogP contribution in [0.3, 0.4) is 0 Å². The lowest BCUT2D eigenvalue weighted by Crippen LogP contribution is -2.08. The molecule has 0 N–H and O–H groups in total.